The Hall–Kier alpha value is -0.870. The molecule has 4 nitrogen and oxygen atoms in total. The highest BCUT2D eigenvalue weighted by Gasteiger charge is 2.37. The summed E-state index contributed by atoms with van der Waals surface area (Å²) in [6, 6.07) is 0.801. The molecule has 3 saturated heterocycles. The van der Waals surface area contributed by atoms with Gasteiger partial charge in [0.2, 0.25) is 0 Å². The molecular formula is C16H26N4. The molecule has 0 amide bonds. The highest BCUT2D eigenvalue weighted by molar-refractivity contribution is 4.96. The van der Waals surface area contributed by atoms with Gasteiger partial charge in [0, 0.05) is 51.7 Å². The van der Waals surface area contributed by atoms with Gasteiger partial charge in [0.15, 0.2) is 0 Å². The van der Waals surface area contributed by atoms with Gasteiger partial charge in [-0.2, -0.15) is 0 Å². The van der Waals surface area contributed by atoms with E-state index in [4.69, 9.17) is 0 Å². The van der Waals surface area contributed by atoms with Gasteiger partial charge < -0.3 is 4.57 Å². The normalized spacial score (nSPS) is 31.6. The number of fused-ring (bicyclic) bond motifs is 4. The summed E-state index contributed by atoms with van der Waals surface area (Å²) in [5, 5.41) is 0. The largest absolute Gasteiger partial charge is 0.337 e. The maximum atomic E-state index is 4.50. The van der Waals surface area contributed by atoms with Gasteiger partial charge in [-0.15, -0.1) is 0 Å². The van der Waals surface area contributed by atoms with E-state index < -0.39 is 0 Å². The number of hydrogen-bond acceptors (Lipinski definition) is 3. The van der Waals surface area contributed by atoms with Crippen molar-refractivity contribution in [3.8, 4) is 0 Å². The molecule has 4 fully saturated rings. The molecule has 3 aliphatic heterocycles. The van der Waals surface area contributed by atoms with Crippen molar-refractivity contribution in [1.29, 1.82) is 0 Å². The Morgan fingerprint density at radius 1 is 1.15 bits per heavy atom. The van der Waals surface area contributed by atoms with Crippen molar-refractivity contribution in [2.45, 2.75) is 38.3 Å². The molecule has 0 spiro atoms. The second-order valence-electron chi connectivity index (χ2n) is 7.14. The van der Waals surface area contributed by atoms with Crippen LogP contribution >= 0.6 is 0 Å². The highest BCUT2D eigenvalue weighted by atomic mass is 15.3. The standard InChI is InChI=1S/C16H26N4/c1-18-7-6-17-16(18)12-19-8-14-4-5-15(11-19)20(10-14)9-13-2-3-13/h6-7,13-15H,2-5,8-12H2,1H3/t14-,15+/m0/s1. The van der Waals surface area contributed by atoms with E-state index in [1.807, 2.05) is 6.20 Å². The molecule has 0 aromatic carbocycles. The van der Waals surface area contributed by atoms with Gasteiger partial charge in [-0.1, -0.05) is 0 Å². The summed E-state index contributed by atoms with van der Waals surface area (Å²) in [6.45, 7) is 6.25. The quantitative estimate of drug-likeness (QED) is 0.835. The third kappa shape index (κ3) is 2.63. The Morgan fingerprint density at radius 2 is 2.05 bits per heavy atom. The second-order valence-corrected chi connectivity index (χ2v) is 7.14. The fraction of sp³-hybridized carbons (Fsp3) is 0.812. The van der Waals surface area contributed by atoms with Gasteiger partial charge in [0.25, 0.3) is 0 Å². The molecule has 4 aliphatic rings. The summed E-state index contributed by atoms with van der Waals surface area (Å²) < 4.78 is 2.16. The maximum Gasteiger partial charge on any atom is 0.122 e. The average Bonchev–Trinajstić information content (AvgIpc) is 3.20. The Labute approximate surface area is 121 Å². The van der Waals surface area contributed by atoms with Crippen molar-refractivity contribution in [1.82, 2.24) is 19.4 Å². The van der Waals surface area contributed by atoms with Crippen molar-refractivity contribution >= 4 is 0 Å². The lowest BCUT2D eigenvalue weighted by atomic mass is 9.95. The lowest BCUT2D eigenvalue weighted by Crippen LogP contribution is -2.44. The molecule has 0 unspecified atom stereocenters. The van der Waals surface area contributed by atoms with Crippen LogP contribution in [0.5, 0.6) is 0 Å². The predicted octanol–water partition coefficient (Wildman–Crippen LogP) is 1.73. The summed E-state index contributed by atoms with van der Waals surface area (Å²) >= 11 is 0. The number of piperidine rings is 1. The molecule has 110 valence electrons. The monoisotopic (exact) mass is 274 g/mol. The Bertz CT molecular complexity index is 465. The topological polar surface area (TPSA) is 24.3 Å². The van der Waals surface area contributed by atoms with Crippen LogP contribution in [0.1, 0.15) is 31.5 Å². The summed E-state index contributed by atoms with van der Waals surface area (Å²) in [5.41, 5.74) is 0. The molecule has 4 heteroatoms. The molecule has 1 saturated carbocycles. The van der Waals surface area contributed by atoms with E-state index in [0.29, 0.717) is 0 Å². The van der Waals surface area contributed by atoms with E-state index in [2.05, 4.69) is 32.6 Å². The van der Waals surface area contributed by atoms with Gasteiger partial charge in [-0.25, -0.2) is 4.98 Å². The first kappa shape index (κ1) is 12.8. The van der Waals surface area contributed by atoms with Crippen LogP contribution in [0.15, 0.2) is 12.4 Å². The van der Waals surface area contributed by atoms with Crippen LogP contribution in [0.3, 0.4) is 0 Å². The van der Waals surface area contributed by atoms with E-state index in [0.717, 1.165) is 24.4 Å². The molecule has 1 aromatic rings. The van der Waals surface area contributed by atoms with Gasteiger partial charge in [-0.05, 0) is 37.5 Å². The van der Waals surface area contributed by atoms with Crippen molar-refractivity contribution in [2.75, 3.05) is 26.2 Å². The summed E-state index contributed by atoms with van der Waals surface area (Å²) in [4.78, 5) is 9.96. The average molecular weight is 274 g/mol. The van der Waals surface area contributed by atoms with Crippen LogP contribution in [-0.4, -0.2) is 51.6 Å². The molecule has 20 heavy (non-hydrogen) atoms. The fourth-order valence-corrected chi connectivity index (χ4v) is 4.01. The Balaban J connectivity index is 1.43. The van der Waals surface area contributed by atoms with Crippen LogP contribution in [0, 0.1) is 11.8 Å². The molecule has 1 aromatic heterocycles. The zero-order chi connectivity index (χ0) is 13.5. The highest BCUT2D eigenvalue weighted by Crippen LogP contribution is 2.35. The van der Waals surface area contributed by atoms with Crippen LogP contribution in [0.4, 0.5) is 0 Å². The SMILES string of the molecule is Cn1ccnc1CN1C[C@@H]2CC[C@H](C1)N(CC1CC1)C2. The van der Waals surface area contributed by atoms with Gasteiger partial charge >= 0.3 is 0 Å². The zero-order valence-electron chi connectivity index (χ0n) is 12.5. The molecule has 0 N–H and O–H groups in total. The third-order valence-electron chi connectivity index (χ3n) is 5.38. The van der Waals surface area contributed by atoms with Gasteiger partial charge in [-0.3, -0.25) is 9.80 Å². The van der Waals surface area contributed by atoms with E-state index in [9.17, 15) is 0 Å². The van der Waals surface area contributed by atoms with Crippen LogP contribution < -0.4 is 0 Å². The summed E-state index contributed by atoms with van der Waals surface area (Å²) in [6.07, 6.45) is 9.77. The molecule has 2 bridgehead atoms. The van der Waals surface area contributed by atoms with Crippen molar-refractivity contribution in [3.63, 3.8) is 0 Å². The van der Waals surface area contributed by atoms with Crippen LogP contribution in [0.25, 0.3) is 0 Å². The minimum atomic E-state index is 0.801. The first-order valence-electron chi connectivity index (χ1n) is 8.20. The molecule has 1 aliphatic carbocycles. The number of aryl methyl sites for hydroxylation is 1. The Morgan fingerprint density at radius 3 is 2.80 bits per heavy atom. The van der Waals surface area contributed by atoms with E-state index in [1.165, 1.54) is 57.7 Å². The number of nitrogens with zero attached hydrogens (tertiary/aromatic N) is 4. The zero-order valence-corrected chi connectivity index (χ0v) is 12.5. The number of hydrogen-bond donors (Lipinski definition) is 0. The van der Waals surface area contributed by atoms with Crippen molar-refractivity contribution < 1.29 is 0 Å². The summed E-state index contributed by atoms with van der Waals surface area (Å²) in [7, 11) is 2.11. The maximum absolute atomic E-state index is 4.50. The van der Waals surface area contributed by atoms with Crippen molar-refractivity contribution in [3.05, 3.63) is 18.2 Å². The number of imidazole rings is 1. The van der Waals surface area contributed by atoms with Gasteiger partial charge in [0.1, 0.15) is 5.82 Å². The van der Waals surface area contributed by atoms with Crippen LogP contribution in [0.2, 0.25) is 0 Å². The predicted molar refractivity (Wildman–Crippen MR) is 79.3 cm³/mol. The van der Waals surface area contributed by atoms with Gasteiger partial charge in [0.05, 0.1) is 6.54 Å². The molecule has 4 heterocycles. The molecule has 2 atom stereocenters. The fourth-order valence-electron chi connectivity index (χ4n) is 4.01. The lowest BCUT2D eigenvalue weighted by Gasteiger charge is -2.36. The van der Waals surface area contributed by atoms with E-state index >= 15 is 0 Å². The first-order chi connectivity index (χ1) is 9.78. The van der Waals surface area contributed by atoms with E-state index in [-0.39, 0.29) is 0 Å². The lowest BCUT2D eigenvalue weighted by molar-refractivity contribution is 0.125. The molecule has 5 rings (SSSR count). The minimum Gasteiger partial charge on any atom is -0.337 e. The molecular weight excluding hydrogens is 248 g/mol. The Kier molecular flexibility index (Phi) is 3.31. The second kappa shape index (κ2) is 5.15. The smallest absolute Gasteiger partial charge is 0.122 e. The van der Waals surface area contributed by atoms with Crippen molar-refractivity contribution in [2.24, 2.45) is 18.9 Å². The first-order valence-corrected chi connectivity index (χ1v) is 8.20. The number of rotatable bonds is 4. The third-order valence-corrected chi connectivity index (χ3v) is 5.38. The van der Waals surface area contributed by atoms with Crippen LogP contribution in [-0.2, 0) is 13.6 Å². The number of aromatic nitrogens is 2. The van der Waals surface area contributed by atoms with E-state index in [1.54, 1.807) is 0 Å². The minimum absolute atomic E-state index is 0.801. The molecule has 0 radical (unpaired) electrons. The summed E-state index contributed by atoms with van der Waals surface area (Å²) in [5.74, 6) is 3.12.